The average Bonchev–Trinajstić information content (AvgIpc) is 2.99. The monoisotopic (exact) mass is 296 g/mol. The second-order valence-electron chi connectivity index (χ2n) is 6.80. The van der Waals surface area contributed by atoms with Crippen molar-refractivity contribution in [2.45, 2.75) is 64.1 Å². The number of carboxylic acids is 1. The van der Waals surface area contributed by atoms with E-state index in [1.165, 1.54) is 36.7 Å². The molecule has 0 radical (unpaired) electrons. The maximum atomic E-state index is 10.8. The molecule has 20 heavy (non-hydrogen) atoms. The molecule has 1 aliphatic rings. The molecule has 1 saturated carbocycles. The Hall–Kier alpha value is -0.970. The molecule has 1 heterocycles. The van der Waals surface area contributed by atoms with Gasteiger partial charge in [-0.1, -0.05) is 39.5 Å². The molecule has 1 aromatic heterocycles. The molecule has 1 aliphatic carbocycles. The molecule has 0 spiro atoms. The molecule has 0 aliphatic heterocycles. The number of thioether (sulfide) groups is 1. The van der Waals surface area contributed by atoms with Gasteiger partial charge in [-0.15, -0.1) is 0 Å². The van der Waals surface area contributed by atoms with Gasteiger partial charge >= 0.3 is 5.97 Å². The quantitative estimate of drug-likeness (QED) is 0.816. The van der Waals surface area contributed by atoms with Gasteiger partial charge in [-0.05, 0) is 24.7 Å². The Bertz CT molecular complexity index is 498. The second-order valence-corrected chi connectivity index (χ2v) is 7.74. The highest BCUT2D eigenvalue weighted by atomic mass is 32.2. The number of imidazole rings is 1. The van der Waals surface area contributed by atoms with Gasteiger partial charge in [0.2, 0.25) is 0 Å². The summed E-state index contributed by atoms with van der Waals surface area (Å²) < 4.78 is 2.25. The Morgan fingerprint density at radius 1 is 1.50 bits per heavy atom. The SMILES string of the molecule is CCC1(Cn2c(C(C)(C)C)cnc2SCC(=O)O)CC1. The van der Waals surface area contributed by atoms with Gasteiger partial charge in [0.25, 0.3) is 0 Å². The molecule has 0 bridgehead atoms. The van der Waals surface area contributed by atoms with E-state index in [-0.39, 0.29) is 11.2 Å². The first-order valence-corrected chi connectivity index (χ1v) is 8.16. The maximum absolute atomic E-state index is 10.8. The van der Waals surface area contributed by atoms with Crippen molar-refractivity contribution in [2.24, 2.45) is 5.41 Å². The highest BCUT2D eigenvalue weighted by Gasteiger charge is 2.42. The fourth-order valence-electron chi connectivity index (χ4n) is 2.49. The summed E-state index contributed by atoms with van der Waals surface area (Å²) in [4.78, 5) is 15.2. The molecule has 0 saturated heterocycles. The first-order valence-electron chi connectivity index (χ1n) is 7.18. The zero-order valence-electron chi connectivity index (χ0n) is 12.8. The van der Waals surface area contributed by atoms with Crippen molar-refractivity contribution in [3.05, 3.63) is 11.9 Å². The van der Waals surface area contributed by atoms with Crippen LogP contribution >= 0.6 is 11.8 Å². The first-order chi connectivity index (χ1) is 9.27. The van der Waals surface area contributed by atoms with Crippen LogP contribution in [-0.2, 0) is 16.8 Å². The lowest BCUT2D eigenvalue weighted by Gasteiger charge is -2.24. The van der Waals surface area contributed by atoms with E-state index in [1.54, 1.807) is 0 Å². The molecule has 5 heteroatoms. The third-order valence-corrected chi connectivity index (χ3v) is 5.09. The van der Waals surface area contributed by atoms with Crippen LogP contribution in [0, 0.1) is 5.41 Å². The van der Waals surface area contributed by atoms with E-state index in [9.17, 15) is 4.79 Å². The molecular formula is C15H24N2O2S. The van der Waals surface area contributed by atoms with Crippen LogP contribution in [0.25, 0.3) is 0 Å². The number of carbonyl (C=O) groups is 1. The smallest absolute Gasteiger partial charge is 0.313 e. The lowest BCUT2D eigenvalue weighted by molar-refractivity contribution is -0.133. The summed E-state index contributed by atoms with van der Waals surface area (Å²) >= 11 is 1.32. The Morgan fingerprint density at radius 3 is 2.60 bits per heavy atom. The van der Waals surface area contributed by atoms with Gasteiger partial charge in [0, 0.05) is 23.9 Å². The summed E-state index contributed by atoms with van der Waals surface area (Å²) in [6.45, 7) is 9.75. The molecule has 0 atom stereocenters. The third kappa shape index (κ3) is 3.37. The van der Waals surface area contributed by atoms with Gasteiger partial charge in [-0.25, -0.2) is 4.98 Å². The highest BCUT2D eigenvalue weighted by Crippen LogP contribution is 2.51. The van der Waals surface area contributed by atoms with Crippen molar-refractivity contribution in [3.8, 4) is 0 Å². The van der Waals surface area contributed by atoms with Crippen molar-refractivity contribution in [1.82, 2.24) is 9.55 Å². The molecule has 0 aromatic carbocycles. The van der Waals surface area contributed by atoms with Crippen LogP contribution in [0.1, 0.15) is 52.7 Å². The van der Waals surface area contributed by atoms with Gasteiger partial charge in [-0.2, -0.15) is 0 Å². The summed E-state index contributed by atoms with van der Waals surface area (Å²) in [5.41, 5.74) is 1.64. The van der Waals surface area contributed by atoms with E-state index >= 15 is 0 Å². The Labute approximate surface area is 125 Å². The van der Waals surface area contributed by atoms with Crippen LogP contribution in [0.5, 0.6) is 0 Å². The maximum Gasteiger partial charge on any atom is 0.313 e. The topological polar surface area (TPSA) is 55.1 Å². The van der Waals surface area contributed by atoms with E-state index in [0.717, 1.165) is 11.7 Å². The largest absolute Gasteiger partial charge is 0.481 e. The van der Waals surface area contributed by atoms with Crippen LogP contribution in [-0.4, -0.2) is 26.4 Å². The van der Waals surface area contributed by atoms with Gasteiger partial charge < -0.3 is 9.67 Å². The fourth-order valence-corrected chi connectivity index (χ4v) is 3.19. The minimum atomic E-state index is -0.793. The molecule has 1 fully saturated rings. The molecule has 112 valence electrons. The van der Waals surface area contributed by atoms with Crippen molar-refractivity contribution < 1.29 is 9.90 Å². The Balaban J connectivity index is 2.27. The van der Waals surface area contributed by atoms with Crippen LogP contribution in [0.2, 0.25) is 0 Å². The van der Waals surface area contributed by atoms with Crippen LogP contribution in [0.3, 0.4) is 0 Å². The number of aliphatic carboxylic acids is 1. The average molecular weight is 296 g/mol. The summed E-state index contributed by atoms with van der Waals surface area (Å²) in [6.07, 6.45) is 5.64. The van der Waals surface area contributed by atoms with Crippen LogP contribution < -0.4 is 0 Å². The summed E-state index contributed by atoms with van der Waals surface area (Å²) in [5, 5.41) is 9.71. The first kappa shape index (κ1) is 15.4. The fraction of sp³-hybridized carbons (Fsp3) is 0.733. The minimum absolute atomic E-state index is 0.0266. The number of nitrogens with zero attached hydrogens (tertiary/aromatic N) is 2. The predicted octanol–water partition coefficient (Wildman–Crippen LogP) is 3.55. The minimum Gasteiger partial charge on any atom is -0.481 e. The number of hydrogen-bond donors (Lipinski definition) is 1. The molecule has 0 unspecified atom stereocenters. The lowest BCUT2D eigenvalue weighted by atomic mass is 9.92. The number of rotatable bonds is 6. The standard InChI is InChI=1S/C15H24N2O2S/c1-5-15(6-7-15)10-17-11(14(2,3)4)8-16-13(17)20-9-12(18)19/h8H,5-7,9-10H2,1-4H3,(H,18,19). The summed E-state index contributed by atoms with van der Waals surface area (Å²) in [5.74, 6) is -0.724. The number of hydrogen-bond acceptors (Lipinski definition) is 3. The van der Waals surface area contributed by atoms with Gasteiger partial charge in [-0.3, -0.25) is 4.79 Å². The summed E-state index contributed by atoms with van der Waals surface area (Å²) in [7, 11) is 0. The second kappa shape index (κ2) is 5.43. The zero-order chi connectivity index (χ0) is 15.0. The molecule has 1 aromatic rings. The van der Waals surface area contributed by atoms with E-state index in [2.05, 4.69) is 37.2 Å². The molecule has 0 amide bonds. The Kier molecular flexibility index (Phi) is 4.19. The normalized spacial score (nSPS) is 17.2. The Morgan fingerprint density at radius 2 is 2.15 bits per heavy atom. The lowest BCUT2D eigenvalue weighted by Crippen LogP contribution is -2.22. The highest BCUT2D eigenvalue weighted by molar-refractivity contribution is 7.99. The number of carboxylic acid groups (broad SMARTS) is 1. The van der Waals surface area contributed by atoms with E-state index in [0.29, 0.717) is 5.41 Å². The van der Waals surface area contributed by atoms with Gasteiger partial charge in [0.1, 0.15) is 0 Å². The number of aromatic nitrogens is 2. The van der Waals surface area contributed by atoms with Crippen molar-refractivity contribution in [1.29, 1.82) is 0 Å². The third-order valence-electron chi connectivity index (χ3n) is 4.11. The van der Waals surface area contributed by atoms with Crippen molar-refractivity contribution in [2.75, 3.05) is 5.75 Å². The van der Waals surface area contributed by atoms with Crippen LogP contribution in [0.4, 0.5) is 0 Å². The predicted molar refractivity (Wildman–Crippen MR) is 81.2 cm³/mol. The molecule has 2 rings (SSSR count). The van der Waals surface area contributed by atoms with E-state index in [1.807, 2.05) is 6.20 Å². The van der Waals surface area contributed by atoms with E-state index < -0.39 is 5.97 Å². The summed E-state index contributed by atoms with van der Waals surface area (Å²) in [6, 6.07) is 0. The van der Waals surface area contributed by atoms with Crippen molar-refractivity contribution >= 4 is 17.7 Å². The molecule has 4 nitrogen and oxygen atoms in total. The molecular weight excluding hydrogens is 272 g/mol. The van der Waals surface area contributed by atoms with Crippen molar-refractivity contribution in [3.63, 3.8) is 0 Å². The van der Waals surface area contributed by atoms with E-state index in [4.69, 9.17) is 5.11 Å². The van der Waals surface area contributed by atoms with Gasteiger partial charge in [0.05, 0.1) is 5.75 Å². The zero-order valence-corrected chi connectivity index (χ0v) is 13.6. The molecule has 1 N–H and O–H groups in total. The van der Waals surface area contributed by atoms with Gasteiger partial charge in [0.15, 0.2) is 5.16 Å². The van der Waals surface area contributed by atoms with Crippen LogP contribution in [0.15, 0.2) is 11.4 Å².